The van der Waals surface area contributed by atoms with Gasteiger partial charge in [0.1, 0.15) is 0 Å². The van der Waals surface area contributed by atoms with Gasteiger partial charge in [-0.3, -0.25) is 4.79 Å². The molecule has 3 heteroatoms. The van der Waals surface area contributed by atoms with Gasteiger partial charge in [-0.1, -0.05) is 19.8 Å². The number of carbonyl (C=O) groups is 1. The second kappa shape index (κ2) is 5.17. The number of ether oxygens (including phenoxy) is 1. The van der Waals surface area contributed by atoms with E-state index in [9.17, 15) is 4.79 Å². The zero-order valence-electron chi connectivity index (χ0n) is 10.4. The van der Waals surface area contributed by atoms with Crippen molar-refractivity contribution in [2.75, 3.05) is 19.7 Å². The summed E-state index contributed by atoms with van der Waals surface area (Å²) in [5.41, 5.74) is 0. The number of nitrogens with zero attached hydrogens (tertiary/aromatic N) is 1. The second-order valence-corrected chi connectivity index (χ2v) is 5.30. The van der Waals surface area contributed by atoms with Gasteiger partial charge in [0.15, 0.2) is 0 Å². The number of rotatable bonds is 2. The molecule has 0 aromatic heterocycles. The summed E-state index contributed by atoms with van der Waals surface area (Å²) in [5, 5.41) is 0. The van der Waals surface area contributed by atoms with Crippen molar-refractivity contribution >= 4 is 5.91 Å². The van der Waals surface area contributed by atoms with Crippen LogP contribution in [0.15, 0.2) is 0 Å². The first-order valence-corrected chi connectivity index (χ1v) is 6.59. The van der Waals surface area contributed by atoms with Crippen molar-refractivity contribution in [1.82, 2.24) is 4.90 Å². The Labute approximate surface area is 98.1 Å². The van der Waals surface area contributed by atoms with Crippen molar-refractivity contribution in [3.05, 3.63) is 0 Å². The zero-order valence-corrected chi connectivity index (χ0v) is 10.4. The topological polar surface area (TPSA) is 29.5 Å². The van der Waals surface area contributed by atoms with Crippen LogP contribution in [-0.2, 0) is 9.53 Å². The zero-order chi connectivity index (χ0) is 11.5. The summed E-state index contributed by atoms with van der Waals surface area (Å²) in [6.07, 6.45) is 5.30. The molecule has 2 rings (SSSR count). The third-order valence-corrected chi connectivity index (χ3v) is 4.05. The van der Waals surface area contributed by atoms with Gasteiger partial charge in [0.05, 0.1) is 12.7 Å². The highest BCUT2D eigenvalue weighted by atomic mass is 16.5. The maximum absolute atomic E-state index is 12.3. The Morgan fingerprint density at radius 1 is 1.38 bits per heavy atom. The van der Waals surface area contributed by atoms with Crippen molar-refractivity contribution < 1.29 is 9.53 Å². The monoisotopic (exact) mass is 225 g/mol. The van der Waals surface area contributed by atoms with Crippen LogP contribution in [0.5, 0.6) is 0 Å². The van der Waals surface area contributed by atoms with Gasteiger partial charge < -0.3 is 9.64 Å². The Bertz CT molecular complexity index is 244. The molecule has 2 fully saturated rings. The van der Waals surface area contributed by atoms with Crippen LogP contribution in [0, 0.1) is 11.8 Å². The first-order chi connectivity index (χ1) is 7.68. The van der Waals surface area contributed by atoms with Crippen molar-refractivity contribution in [3.8, 4) is 0 Å². The molecule has 2 atom stereocenters. The molecule has 1 saturated heterocycles. The SMILES string of the molecule is CC1CN(C(=O)C(C)C2CCCC2)CCO1. The van der Waals surface area contributed by atoms with Gasteiger partial charge >= 0.3 is 0 Å². The molecule has 0 aromatic rings. The van der Waals surface area contributed by atoms with Gasteiger partial charge in [-0.15, -0.1) is 0 Å². The van der Waals surface area contributed by atoms with Gasteiger partial charge in [-0.05, 0) is 25.7 Å². The van der Waals surface area contributed by atoms with Gasteiger partial charge in [-0.25, -0.2) is 0 Å². The Morgan fingerprint density at radius 2 is 2.06 bits per heavy atom. The van der Waals surface area contributed by atoms with Crippen LogP contribution in [0.1, 0.15) is 39.5 Å². The third kappa shape index (κ3) is 2.57. The minimum atomic E-state index is 0.202. The molecule has 0 bridgehead atoms. The highest BCUT2D eigenvalue weighted by Gasteiger charge is 2.31. The molecule has 1 aliphatic heterocycles. The molecular formula is C13H23NO2. The normalized spacial score (nSPS) is 29.4. The van der Waals surface area contributed by atoms with E-state index in [4.69, 9.17) is 4.74 Å². The molecule has 2 unspecified atom stereocenters. The predicted octanol–water partition coefficient (Wildman–Crippen LogP) is 2.06. The van der Waals surface area contributed by atoms with E-state index >= 15 is 0 Å². The molecule has 2 aliphatic rings. The first kappa shape index (κ1) is 11.9. The van der Waals surface area contributed by atoms with Crippen LogP contribution >= 0.6 is 0 Å². The fraction of sp³-hybridized carbons (Fsp3) is 0.923. The summed E-state index contributed by atoms with van der Waals surface area (Å²) in [4.78, 5) is 14.3. The standard InChI is InChI=1S/C13H23NO2/c1-10-9-14(7-8-16-10)13(15)11(2)12-5-3-4-6-12/h10-12H,3-9H2,1-2H3. The van der Waals surface area contributed by atoms with Crippen LogP contribution in [0.25, 0.3) is 0 Å². The van der Waals surface area contributed by atoms with Gasteiger partial charge in [0.25, 0.3) is 0 Å². The van der Waals surface area contributed by atoms with Crippen LogP contribution in [0.3, 0.4) is 0 Å². The maximum atomic E-state index is 12.3. The van der Waals surface area contributed by atoms with E-state index in [-0.39, 0.29) is 12.0 Å². The summed E-state index contributed by atoms with van der Waals surface area (Å²) in [6.45, 7) is 6.40. The fourth-order valence-electron chi connectivity index (χ4n) is 2.97. The molecule has 1 heterocycles. The second-order valence-electron chi connectivity index (χ2n) is 5.30. The highest BCUT2D eigenvalue weighted by molar-refractivity contribution is 5.79. The molecule has 1 amide bonds. The average molecular weight is 225 g/mol. The smallest absolute Gasteiger partial charge is 0.225 e. The van der Waals surface area contributed by atoms with Gasteiger partial charge in [0.2, 0.25) is 5.91 Å². The number of hydrogen-bond acceptors (Lipinski definition) is 2. The maximum Gasteiger partial charge on any atom is 0.225 e. The van der Waals surface area contributed by atoms with E-state index in [1.807, 2.05) is 11.8 Å². The molecule has 0 spiro atoms. The third-order valence-electron chi connectivity index (χ3n) is 4.05. The molecule has 0 radical (unpaired) electrons. The lowest BCUT2D eigenvalue weighted by Crippen LogP contribution is -2.47. The summed E-state index contributed by atoms with van der Waals surface area (Å²) in [5.74, 6) is 1.19. The molecule has 92 valence electrons. The van der Waals surface area contributed by atoms with E-state index in [0.29, 0.717) is 18.4 Å². The van der Waals surface area contributed by atoms with Crippen LogP contribution in [-0.4, -0.2) is 36.6 Å². The lowest BCUT2D eigenvalue weighted by molar-refractivity contribution is -0.143. The molecule has 0 aromatic carbocycles. The Morgan fingerprint density at radius 3 is 2.69 bits per heavy atom. The first-order valence-electron chi connectivity index (χ1n) is 6.59. The highest BCUT2D eigenvalue weighted by Crippen LogP contribution is 2.32. The summed E-state index contributed by atoms with van der Waals surface area (Å²) < 4.78 is 5.47. The summed E-state index contributed by atoms with van der Waals surface area (Å²) in [7, 11) is 0. The van der Waals surface area contributed by atoms with Crippen LogP contribution < -0.4 is 0 Å². The average Bonchev–Trinajstić information content (AvgIpc) is 2.80. The number of morpholine rings is 1. The Hall–Kier alpha value is -0.570. The van der Waals surface area contributed by atoms with E-state index in [2.05, 4.69) is 6.92 Å². The van der Waals surface area contributed by atoms with Crippen molar-refractivity contribution in [3.63, 3.8) is 0 Å². The Balaban J connectivity index is 1.89. The van der Waals surface area contributed by atoms with Crippen LogP contribution in [0.2, 0.25) is 0 Å². The predicted molar refractivity (Wildman–Crippen MR) is 63.1 cm³/mol. The van der Waals surface area contributed by atoms with E-state index < -0.39 is 0 Å². The summed E-state index contributed by atoms with van der Waals surface area (Å²) in [6, 6.07) is 0. The minimum absolute atomic E-state index is 0.202. The number of carbonyl (C=O) groups excluding carboxylic acids is 1. The number of amides is 1. The van der Waals surface area contributed by atoms with Crippen molar-refractivity contribution in [1.29, 1.82) is 0 Å². The molecule has 1 saturated carbocycles. The lowest BCUT2D eigenvalue weighted by atomic mass is 9.91. The molecule has 16 heavy (non-hydrogen) atoms. The van der Waals surface area contributed by atoms with Gasteiger partial charge in [-0.2, -0.15) is 0 Å². The van der Waals surface area contributed by atoms with Gasteiger partial charge in [0, 0.05) is 19.0 Å². The quantitative estimate of drug-likeness (QED) is 0.720. The molecule has 3 nitrogen and oxygen atoms in total. The summed E-state index contributed by atoms with van der Waals surface area (Å²) >= 11 is 0. The molecule has 1 aliphatic carbocycles. The minimum Gasteiger partial charge on any atom is -0.375 e. The lowest BCUT2D eigenvalue weighted by Gasteiger charge is -2.34. The van der Waals surface area contributed by atoms with E-state index in [1.54, 1.807) is 0 Å². The van der Waals surface area contributed by atoms with Crippen molar-refractivity contribution in [2.24, 2.45) is 11.8 Å². The molecule has 0 N–H and O–H groups in total. The molecular weight excluding hydrogens is 202 g/mol. The largest absolute Gasteiger partial charge is 0.375 e. The van der Waals surface area contributed by atoms with E-state index in [0.717, 1.165) is 13.1 Å². The Kier molecular flexibility index (Phi) is 3.85. The van der Waals surface area contributed by atoms with Crippen molar-refractivity contribution in [2.45, 2.75) is 45.6 Å². The number of hydrogen-bond donors (Lipinski definition) is 0. The van der Waals surface area contributed by atoms with Crippen LogP contribution in [0.4, 0.5) is 0 Å². The fourth-order valence-corrected chi connectivity index (χ4v) is 2.97. The van der Waals surface area contributed by atoms with E-state index in [1.165, 1.54) is 25.7 Å².